The molecule has 0 aromatic rings. The molecule has 2 heteroatoms. The summed E-state index contributed by atoms with van der Waals surface area (Å²) < 4.78 is 0. The molecule has 0 nitrogen and oxygen atoms in total. The van der Waals surface area contributed by atoms with Crippen LogP contribution in [0.5, 0.6) is 0 Å². The maximum atomic E-state index is 4.61. The molecule has 28 valence electrons. The predicted molar refractivity (Wildman–Crippen MR) is 30.6 cm³/mol. The van der Waals surface area contributed by atoms with Crippen molar-refractivity contribution in [3.8, 4) is 0 Å². The molecule has 0 N–H and O–H groups in total. The van der Waals surface area contributed by atoms with Gasteiger partial charge in [0.1, 0.15) is 0 Å². The number of hydrogen-bond acceptors (Lipinski definition) is 1. The molecular formula is C3H6PS+. The minimum absolute atomic E-state index is 0.997. The second-order valence-corrected chi connectivity index (χ2v) is 2.66. The van der Waals surface area contributed by atoms with Crippen LogP contribution in [0.25, 0.3) is 0 Å². The Balaban J connectivity index is 3.60. The SMILES string of the molecule is CC(C)=[P+]=S. The Morgan fingerprint density at radius 3 is 1.80 bits per heavy atom. The molecular weight excluding hydrogens is 99.1 g/mol. The van der Waals surface area contributed by atoms with E-state index < -0.39 is 0 Å². The van der Waals surface area contributed by atoms with Crippen LogP contribution in [0.3, 0.4) is 0 Å². The molecule has 0 atom stereocenters. The van der Waals surface area contributed by atoms with Crippen molar-refractivity contribution in [2.75, 3.05) is 0 Å². The summed E-state index contributed by atoms with van der Waals surface area (Å²) in [6.45, 7) is 5.04. The van der Waals surface area contributed by atoms with Crippen molar-refractivity contribution >= 4 is 24.1 Å². The summed E-state index contributed by atoms with van der Waals surface area (Å²) >= 11 is 4.61. The standard InChI is InChI=1S/C3H6PS/c1-3(2)4-5/h1-2H3/q+1. The van der Waals surface area contributed by atoms with Crippen LogP contribution in [0, 0.1) is 0 Å². The first-order valence-electron chi connectivity index (χ1n) is 1.41. The predicted octanol–water partition coefficient (Wildman–Crippen LogP) is 1.61. The van der Waals surface area contributed by atoms with E-state index in [1.165, 1.54) is 5.29 Å². The summed E-state index contributed by atoms with van der Waals surface area (Å²) in [5.74, 6) is 0. The van der Waals surface area contributed by atoms with E-state index in [4.69, 9.17) is 0 Å². The van der Waals surface area contributed by atoms with Gasteiger partial charge in [-0.3, -0.25) is 0 Å². The van der Waals surface area contributed by atoms with Crippen molar-refractivity contribution in [2.24, 2.45) is 0 Å². The third kappa shape index (κ3) is 4.52. The molecule has 0 aromatic heterocycles. The average Bonchev–Trinajstić information content (AvgIpc) is 1.38. The molecule has 0 aliphatic heterocycles. The number of hydrogen-bond donors (Lipinski definition) is 0. The van der Waals surface area contributed by atoms with E-state index in [0.717, 1.165) is 6.98 Å². The zero-order valence-corrected chi connectivity index (χ0v) is 5.07. The fraction of sp³-hybridized carbons (Fsp3) is 0.667. The van der Waals surface area contributed by atoms with Gasteiger partial charge in [0, 0.05) is 0 Å². The minimum atomic E-state index is 0.997. The van der Waals surface area contributed by atoms with Gasteiger partial charge < -0.3 is 0 Å². The van der Waals surface area contributed by atoms with Crippen molar-refractivity contribution < 1.29 is 0 Å². The van der Waals surface area contributed by atoms with E-state index in [2.05, 4.69) is 11.8 Å². The van der Waals surface area contributed by atoms with E-state index in [0.29, 0.717) is 0 Å². The molecule has 0 aromatic carbocycles. The van der Waals surface area contributed by atoms with E-state index in [9.17, 15) is 0 Å². The first kappa shape index (κ1) is 5.52. The molecule has 0 aliphatic rings. The first-order chi connectivity index (χ1) is 2.27. The van der Waals surface area contributed by atoms with Gasteiger partial charge in [-0.1, -0.05) is 0 Å². The topological polar surface area (TPSA) is 0 Å². The Labute approximate surface area is 38.7 Å². The van der Waals surface area contributed by atoms with Crippen LogP contribution in [0.15, 0.2) is 0 Å². The van der Waals surface area contributed by atoms with Crippen molar-refractivity contribution in [1.29, 1.82) is 0 Å². The number of rotatable bonds is 0. The van der Waals surface area contributed by atoms with Crippen molar-refractivity contribution in [3.05, 3.63) is 0 Å². The second-order valence-electron chi connectivity index (χ2n) is 1.04. The molecule has 0 radical (unpaired) electrons. The van der Waals surface area contributed by atoms with Gasteiger partial charge in [0.25, 0.3) is 0 Å². The summed E-state index contributed by atoms with van der Waals surface area (Å²) in [5.41, 5.74) is 0. The van der Waals surface area contributed by atoms with E-state index in [1.807, 2.05) is 13.8 Å². The van der Waals surface area contributed by atoms with Gasteiger partial charge in [-0.15, -0.1) is 0 Å². The molecule has 0 aliphatic carbocycles. The van der Waals surface area contributed by atoms with E-state index >= 15 is 0 Å². The molecule has 0 saturated heterocycles. The van der Waals surface area contributed by atoms with Crippen LogP contribution in [0.2, 0.25) is 0 Å². The van der Waals surface area contributed by atoms with Crippen LogP contribution >= 0.6 is 6.98 Å². The molecule has 0 amide bonds. The van der Waals surface area contributed by atoms with Crippen LogP contribution < -0.4 is 0 Å². The summed E-state index contributed by atoms with van der Waals surface area (Å²) in [6.07, 6.45) is 0. The second kappa shape index (κ2) is 2.74. The molecule has 0 unspecified atom stereocenters. The quantitative estimate of drug-likeness (QED) is 0.422. The molecule has 0 saturated carbocycles. The Morgan fingerprint density at radius 1 is 1.60 bits per heavy atom. The van der Waals surface area contributed by atoms with Gasteiger partial charge in [-0.05, 0) is 0 Å². The summed E-state index contributed by atoms with van der Waals surface area (Å²) in [5, 5.41) is 1.29. The Kier molecular flexibility index (Phi) is 3.03. The van der Waals surface area contributed by atoms with E-state index in [1.54, 1.807) is 0 Å². The van der Waals surface area contributed by atoms with Gasteiger partial charge in [0.05, 0.1) is 0 Å². The Bertz CT molecular complexity index is 67.0. The van der Waals surface area contributed by atoms with E-state index in [-0.39, 0.29) is 0 Å². The zero-order chi connectivity index (χ0) is 4.28. The third-order valence-corrected chi connectivity index (χ3v) is 1.64. The summed E-state index contributed by atoms with van der Waals surface area (Å²) in [6, 6.07) is 0. The summed E-state index contributed by atoms with van der Waals surface area (Å²) in [4.78, 5) is 0. The van der Waals surface area contributed by atoms with Crippen molar-refractivity contribution in [2.45, 2.75) is 13.8 Å². The molecule has 0 fully saturated rings. The Morgan fingerprint density at radius 2 is 1.80 bits per heavy atom. The van der Waals surface area contributed by atoms with Gasteiger partial charge in [-0.2, -0.15) is 0 Å². The maximum absolute atomic E-state index is 4.61. The molecule has 0 bridgehead atoms. The van der Waals surface area contributed by atoms with Crippen molar-refractivity contribution in [3.63, 3.8) is 0 Å². The monoisotopic (exact) mass is 105 g/mol. The van der Waals surface area contributed by atoms with Crippen LogP contribution in [-0.4, -0.2) is 5.29 Å². The fourth-order valence-corrected chi connectivity index (χ4v) is 0. The zero-order valence-electron chi connectivity index (χ0n) is 3.36. The molecule has 0 spiro atoms. The fourth-order valence-electron chi connectivity index (χ4n) is 0. The molecule has 0 rings (SSSR count). The van der Waals surface area contributed by atoms with Crippen LogP contribution in [0.1, 0.15) is 13.8 Å². The first-order valence-corrected chi connectivity index (χ1v) is 3.31. The Hall–Kier alpha value is 0.520. The van der Waals surface area contributed by atoms with Gasteiger partial charge in [0.2, 0.25) is 0 Å². The van der Waals surface area contributed by atoms with Gasteiger partial charge in [-0.25, -0.2) is 0 Å². The average molecular weight is 105 g/mol. The normalized spacial score (nSPS) is 6.80. The molecule has 5 heavy (non-hydrogen) atoms. The van der Waals surface area contributed by atoms with Crippen molar-refractivity contribution in [1.82, 2.24) is 0 Å². The molecule has 0 heterocycles. The van der Waals surface area contributed by atoms with Crippen LogP contribution in [0.4, 0.5) is 0 Å². The van der Waals surface area contributed by atoms with Crippen LogP contribution in [-0.2, 0) is 11.8 Å². The summed E-state index contributed by atoms with van der Waals surface area (Å²) in [7, 11) is 0. The third-order valence-electron chi connectivity index (χ3n) is 0.183. The van der Waals surface area contributed by atoms with Gasteiger partial charge >= 0.3 is 37.9 Å². The van der Waals surface area contributed by atoms with Gasteiger partial charge in [0.15, 0.2) is 0 Å².